The second kappa shape index (κ2) is 8.05. The summed E-state index contributed by atoms with van der Waals surface area (Å²) in [5.41, 5.74) is 0.922. The predicted octanol–water partition coefficient (Wildman–Crippen LogP) is 3.43. The van der Waals surface area contributed by atoms with E-state index < -0.39 is 11.9 Å². The van der Waals surface area contributed by atoms with E-state index in [4.69, 9.17) is 9.15 Å². The molecule has 0 radical (unpaired) electrons. The van der Waals surface area contributed by atoms with E-state index in [1.54, 1.807) is 32.0 Å². The Morgan fingerprint density at radius 3 is 2.74 bits per heavy atom. The van der Waals surface area contributed by atoms with Gasteiger partial charge >= 0.3 is 5.97 Å². The maximum Gasteiger partial charge on any atom is 0.348 e. The molecule has 140 valence electrons. The van der Waals surface area contributed by atoms with Crippen molar-refractivity contribution < 1.29 is 23.5 Å². The van der Waals surface area contributed by atoms with Gasteiger partial charge < -0.3 is 19.8 Å². The maximum absolute atomic E-state index is 12.3. The van der Waals surface area contributed by atoms with Gasteiger partial charge in [0.25, 0.3) is 5.91 Å². The summed E-state index contributed by atoms with van der Waals surface area (Å²) in [6.45, 7) is 3.66. The number of furan rings is 1. The first kappa shape index (κ1) is 18.7. The Hall–Kier alpha value is -3.13. The highest BCUT2D eigenvalue weighted by Crippen LogP contribution is 2.28. The molecule has 0 aliphatic rings. The molecule has 8 heteroatoms. The minimum absolute atomic E-state index is 0.316. The number of hydrogen-bond donors (Lipinski definition) is 2. The predicted molar refractivity (Wildman–Crippen MR) is 102 cm³/mol. The van der Waals surface area contributed by atoms with Crippen molar-refractivity contribution in [2.24, 2.45) is 0 Å². The molecule has 1 atom stereocenters. The minimum Gasteiger partial charge on any atom is -0.472 e. The van der Waals surface area contributed by atoms with Crippen LogP contribution < -0.4 is 10.6 Å². The molecule has 2 aromatic heterocycles. The van der Waals surface area contributed by atoms with Crippen LogP contribution in [0.5, 0.6) is 0 Å². The summed E-state index contributed by atoms with van der Waals surface area (Å²) >= 11 is 1.33. The van der Waals surface area contributed by atoms with E-state index in [1.807, 2.05) is 6.07 Å². The monoisotopic (exact) mass is 386 g/mol. The number of amides is 2. The average molecular weight is 386 g/mol. The lowest BCUT2D eigenvalue weighted by atomic mass is 10.2. The van der Waals surface area contributed by atoms with E-state index in [0.29, 0.717) is 22.7 Å². The molecule has 0 unspecified atom stereocenters. The molecule has 0 aliphatic heterocycles. The third-order valence-corrected chi connectivity index (χ3v) is 4.88. The van der Waals surface area contributed by atoms with E-state index in [-0.39, 0.29) is 11.9 Å². The molecule has 0 saturated heterocycles. The summed E-state index contributed by atoms with van der Waals surface area (Å²) in [4.78, 5) is 36.7. The Morgan fingerprint density at radius 1 is 1.22 bits per heavy atom. The Bertz CT molecular complexity index is 977. The van der Waals surface area contributed by atoms with Gasteiger partial charge in [0.15, 0.2) is 0 Å². The molecule has 3 aromatic rings. The van der Waals surface area contributed by atoms with Gasteiger partial charge in [-0.15, -0.1) is 11.3 Å². The Kier molecular flexibility index (Phi) is 5.56. The normalized spacial score (nSPS) is 11.8. The van der Waals surface area contributed by atoms with Crippen LogP contribution in [0.15, 0.2) is 47.3 Å². The zero-order chi connectivity index (χ0) is 19.4. The number of ether oxygens (including phenoxy) is 1. The zero-order valence-corrected chi connectivity index (χ0v) is 15.6. The molecule has 1 aromatic carbocycles. The van der Waals surface area contributed by atoms with E-state index in [9.17, 15) is 14.4 Å². The second-order valence-electron chi connectivity index (χ2n) is 5.78. The number of rotatable bonds is 6. The highest BCUT2D eigenvalue weighted by molar-refractivity contribution is 7.20. The number of hydrogen-bond acceptors (Lipinski definition) is 6. The molecular weight excluding hydrogens is 368 g/mol. The highest BCUT2D eigenvalue weighted by Gasteiger charge is 2.18. The van der Waals surface area contributed by atoms with Crippen LogP contribution in [0.1, 0.15) is 33.9 Å². The third-order valence-electron chi connectivity index (χ3n) is 3.78. The fourth-order valence-corrected chi connectivity index (χ4v) is 3.35. The Labute approximate surface area is 159 Å². The first-order valence-corrected chi connectivity index (χ1v) is 9.14. The third kappa shape index (κ3) is 4.35. The van der Waals surface area contributed by atoms with Crippen molar-refractivity contribution in [3.63, 3.8) is 0 Å². The van der Waals surface area contributed by atoms with E-state index in [2.05, 4.69) is 10.6 Å². The minimum atomic E-state index is -0.735. The molecule has 0 aliphatic carbocycles. The summed E-state index contributed by atoms with van der Waals surface area (Å²) < 4.78 is 10.8. The molecule has 0 fully saturated rings. The molecule has 2 heterocycles. The van der Waals surface area contributed by atoms with Crippen LogP contribution >= 0.6 is 11.3 Å². The standard InChI is InChI=1S/C19H18N2O5S/c1-3-26-19(24)16-9-13-8-14(4-5-15(13)27-16)21-17(22)11(2)20-18(23)12-6-7-25-10-12/h4-11H,3H2,1-2H3,(H,20,23)(H,21,22)/t11-/m1/s1. The molecular formula is C19H18N2O5S. The van der Waals surface area contributed by atoms with Crippen molar-refractivity contribution in [1.82, 2.24) is 5.32 Å². The molecule has 0 bridgehead atoms. The van der Waals surface area contributed by atoms with Crippen LogP contribution in [0.4, 0.5) is 5.69 Å². The average Bonchev–Trinajstić information content (AvgIpc) is 3.31. The molecule has 2 amide bonds. The molecule has 3 rings (SSSR count). The number of nitrogens with one attached hydrogen (secondary N) is 2. The first-order valence-electron chi connectivity index (χ1n) is 8.32. The number of benzene rings is 1. The van der Waals surface area contributed by atoms with Crippen LogP contribution in [-0.4, -0.2) is 30.4 Å². The lowest BCUT2D eigenvalue weighted by molar-refractivity contribution is -0.117. The summed E-state index contributed by atoms with van der Waals surface area (Å²) in [5, 5.41) is 6.19. The van der Waals surface area contributed by atoms with Crippen molar-refractivity contribution in [3.8, 4) is 0 Å². The van der Waals surface area contributed by atoms with Crippen LogP contribution in [0.25, 0.3) is 10.1 Å². The van der Waals surface area contributed by atoms with Gasteiger partial charge in [-0.3, -0.25) is 9.59 Å². The maximum atomic E-state index is 12.3. The van der Waals surface area contributed by atoms with Gasteiger partial charge in [0.2, 0.25) is 5.91 Å². The molecule has 27 heavy (non-hydrogen) atoms. The number of carbonyl (C=O) groups is 3. The molecule has 7 nitrogen and oxygen atoms in total. The second-order valence-corrected chi connectivity index (χ2v) is 6.86. The van der Waals surface area contributed by atoms with Crippen LogP contribution in [-0.2, 0) is 9.53 Å². The van der Waals surface area contributed by atoms with Crippen molar-refractivity contribution in [2.75, 3.05) is 11.9 Å². The quantitative estimate of drug-likeness (QED) is 0.633. The summed E-state index contributed by atoms with van der Waals surface area (Å²) in [6, 6.07) is 7.87. The Balaban J connectivity index is 1.67. The van der Waals surface area contributed by atoms with Gasteiger partial charge in [0, 0.05) is 10.4 Å². The largest absolute Gasteiger partial charge is 0.472 e. The summed E-state index contributed by atoms with van der Waals surface area (Å²) in [5.74, 6) is -1.11. The zero-order valence-electron chi connectivity index (χ0n) is 14.8. The SMILES string of the molecule is CCOC(=O)c1cc2cc(NC(=O)[C@@H](C)NC(=O)c3ccoc3)ccc2s1. The number of thiophene rings is 1. The number of carbonyl (C=O) groups excluding carboxylic acids is 3. The first-order chi connectivity index (χ1) is 13.0. The fraction of sp³-hybridized carbons (Fsp3) is 0.211. The van der Waals surface area contributed by atoms with Crippen LogP contribution in [0, 0.1) is 0 Å². The molecule has 0 saturated carbocycles. The number of fused-ring (bicyclic) bond motifs is 1. The fourth-order valence-electron chi connectivity index (χ4n) is 2.41. The molecule has 2 N–H and O–H groups in total. The van der Waals surface area contributed by atoms with E-state index in [0.717, 1.165) is 10.1 Å². The topological polar surface area (TPSA) is 97.6 Å². The van der Waals surface area contributed by atoms with Gasteiger partial charge in [0.05, 0.1) is 18.4 Å². The van der Waals surface area contributed by atoms with Gasteiger partial charge in [-0.25, -0.2) is 4.79 Å². The Morgan fingerprint density at radius 2 is 2.04 bits per heavy atom. The molecule has 0 spiro atoms. The van der Waals surface area contributed by atoms with Crippen molar-refractivity contribution in [3.05, 3.63) is 53.3 Å². The van der Waals surface area contributed by atoms with Crippen molar-refractivity contribution in [1.29, 1.82) is 0 Å². The number of anilines is 1. The highest BCUT2D eigenvalue weighted by atomic mass is 32.1. The van der Waals surface area contributed by atoms with Crippen molar-refractivity contribution in [2.45, 2.75) is 19.9 Å². The lowest BCUT2D eigenvalue weighted by Gasteiger charge is -2.13. The summed E-state index contributed by atoms with van der Waals surface area (Å²) in [7, 11) is 0. The smallest absolute Gasteiger partial charge is 0.348 e. The van der Waals surface area contributed by atoms with Gasteiger partial charge in [0.1, 0.15) is 17.2 Å². The van der Waals surface area contributed by atoms with Crippen molar-refractivity contribution >= 4 is 44.9 Å². The van der Waals surface area contributed by atoms with Gasteiger partial charge in [-0.05, 0) is 49.6 Å². The van der Waals surface area contributed by atoms with E-state index >= 15 is 0 Å². The lowest BCUT2D eigenvalue weighted by Crippen LogP contribution is -2.41. The van der Waals surface area contributed by atoms with Gasteiger partial charge in [-0.1, -0.05) is 0 Å². The van der Waals surface area contributed by atoms with E-state index in [1.165, 1.54) is 29.9 Å². The van der Waals surface area contributed by atoms with Gasteiger partial charge in [-0.2, -0.15) is 0 Å². The van der Waals surface area contributed by atoms with Crippen LogP contribution in [0.2, 0.25) is 0 Å². The number of esters is 1. The van der Waals surface area contributed by atoms with Crippen LogP contribution in [0.3, 0.4) is 0 Å². The summed E-state index contributed by atoms with van der Waals surface area (Å²) in [6.07, 6.45) is 2.70.